The summed E-state index contributed by atoms with van der Waals surface area (Å²) < 4.78 is 26.5. The number of hydrogen-bond acceptors (Lipinski definition) is 6. The number of carbonyl (C=O) groups is 2. The van der Waals surface area contributed by atoms with E-state index < -0.39 is 5.92 Å². The number of ketones is 2. The molecule has 0 amide bonds. The molecule has 0 aliphatic heterocycles. The number of carbonyl (C=O) groups excluding carboxylic acids is 2. The third-order valence-electron chi connectivity index (χ3n) is 10.6. The van der Waals surface area contributed by atoms with Crippen LogP contribution in [0, 0.1) is 5.92 Å². The number of fused-ring (bicyclic) bond motifs is 4. The Hall–Kier alpha value is -5.50. The van der Waals surface area contributed by atoms with Crippen LogP contribution in [0.5, 0.6) is 23.0 Å². The lowest BCUT2D eigenvalue weighted by Gasteiger charge is -2.37. The van der Waals surface area contributed by atoms with Crippen LogP contribution in [0.15, 0.2) is 91.1 Å². The maximum Gasteiger partial charge on any atom is 0.166 e. The van der Waals surface area contributed by atoms with E-state index in [4.69, 9.17) is 18.9 Å². The van der Waals surface area contributed by atoms with Gasteiger partial charge in [-0.1, -0.05) is 0 Å². The number of aryl methyl sites for hydroxylation is 2. The standard InChI is InChI=1S/C42H42N2O6/c1-43-24-36(32-21-29(49-5)15-18-37(32)43)33-23-34(42(46)26-9-13-28(48-4)14-10-26)31(17-20-39(45)25-7-11-27(47-3)12-8-25)40-35-22-30(50-6)16-19-38(35)44(2)41(33)40/h7-16,18-19,21-22,24,31,33-34H,17,20,23H2,1-6H3. The Morgan fingerprint density at radius 2 is 1.22 bits per heavy atom. The van der Waals surface area contributed by atoms with Crippen LogP contribution in [-0.2, 0) is 14.1 Å². The first-order chi connectivity index (χ1) is 24.3. The molecule has 2 aromatic heterocycles. The summed E-state index contributed by atoms with van der Waals surface area (Å²) in [7, 11) is 10.7. The quantitative estimate of drug-likeness (QED) is 0.129. The van der Waals surface area contributed by atoms with Gasteiger partial charge in [0.15, 0.2) is 11.6 Å². The number of Topliss-reactive ketones (excluding diaryl/α,β-unsaturated/α-hetero) is 2. The fraction of sp³-hybridized carbons (Fsp3) is 0.286. The van der Waals surface area contributed by atoms with E-state index in [1.54, 1.807) is 40.6 Å². The average molecular weight is 671 g/mol. The summed E-state index contributed by atoms with van der Waals surface area (Å²) in [4.78, 5) is 28.5. The van der Waals surface area contributed by atoms with Crippen LogP contribution in [0.25, 0.3) is 21.8 Å². The Morgan fingerprint density at radius 3 is 1.82 bits per heavy atom. The van der Waals surface area contributed by atoms with Gasteiger partial charge >= 0.3 is 0 Å². The highest BCUT2D eigenvalue weighted by Crippen LogP contribution is 2.53. The lowest BCUT2D eigenvalue weighted by molar-refractivity contribution is 0.0862. The van der Waals surface area contributed by atoms with Crippen LogP contribution >= 0.6 is 0 Å². The first kappa shape index (κ1) is 33.0. The molecule has 4 aromatic carbocycles. The van der Waals surface area contributed by atoms with Crippen LogP contribution in [-0.4, -0.2) is 49.1 Å². The summed E-state index contributed by atoms with van der Waals surface area (Å²) in [5.41, 5.74) is 6.80. The molecular weight excluding hydrogens is 628 g/mol. The van der Waals surface area contributed by atoms with Gasteiger partial charge in [0.25, 0.3) is 0 Å². The van der Waals surface area contributed by atoms with E-state index in [-0.39, 0.29) is 23.4 Å². The minimum absolute atomic E-state index is 0.0333. The predicted molar refractivity (Wildman–Crippen MR) is 196 cm³/mol. The van der Waals surface area contributed by atoms with Gasteiger partial charge in [-0.05, 0) is 115 Å². The van der Waals surface area contributed by atoms with Crippen molar-refractivity contribution in [3.63, 3.8) is 0 Å². The summed E-state index contributed by atoms with van der Waals surface area (Å²) >= 11 is 0. The fourth-order valence-electron chi connectivity index (χ4n) is 8.03. The lowest BCUT2D eigenvalue weighted by atomic mass is 9.66. The molecule has 0 bridgehead atoms. The van der Waals surface area contributed by atoms with E-state index in [1.807, 2.05) is 48.5 Å². The van der Waals surface area contributed by atoms with E-state index >= 15 is 0 Å². The summed E-state index contributed by atoms with van der Waals surface area (Å²) in [6.45, 7) is 0. The van der Waals surface area contributed by atoms with Crippen molar-refractivity contribution >= 4 is 33.4 Å². The van der Waals surface area contributed by atoms with Gasteiger partial charge in [-0.25, -0.2) is 0 Å². The zero-order valence-electron chi connectivity index (χ0n) is 29.4. The molecule has 8 heteroatoms. The number of rotatable bonds is 11. The third-order valence-corrected chi connectivity index (χ3v) is 10.6. The van der Waals surface area contributed by atoms with E-state index in [0.29, 0.717) is 41.9 Å². The fourth-order valence-corrected chi connectivity index (χ4v) is 8.03. The van der Waals surface area contributed by atoms with Gasteiger partial charge in [0.05, 0.1) is 28.4 Å². The summed E-state index contributed by atoms with van der Waals surface area (Å²) in [5, 5.41) is 2.13. The average Bonchev–Trinajstić information content (AvgIpc) is 3.65. The van der Waals surface area contributed by atoms with Gasteiger partial charge in [-0.15, -0.1) is 0 Å². The Morgan fingerprint density at radius 1 is 0.680 bits per heavy atom. The van der Waals surface area contributed by atoms with Crippen LogP contribution in [0.3, 0.4) is 0 Å². The van der Waals surface area contributed by atoms with Crippen molar-refractivity contribution in [1.29, 1.82) is 0 Å². The number of hydrogen-bond donors (Lipinski definition) is 0. The number of ether oxygens (including phenoxy) is 4. The molecule has 256 valence electrons. The SMILES string of the molecule is COc1ccc(C(=O)CCC2c3c(n(C)c4ccc(OC)cc34)C(c3cn(C)c4ccc(OC)cc34)CC2C(=O)c2ccc(OC)cc2)cc1. The second-order valence-electron chi connectivity index (χ2n) is 13.1. The van der Waals surface area contributed by atoms with Gasteiger partial charge in [0.1, 0.15) is 23.0 Å². The highest BCUT2D eigenvalue weighted by atomic mass is 16.5. The van der Waals surface area contributed by atoms with Crippen molar-refractivity contribution < 1.29 is 28.5 Å². The highest BCUT2D eigenvalue weighted by molar-refractivity contribution is 6.01. The number of aromatic nitrogens is 2. The Bertz CT molecular complexity index is 2210. The maximum atomic E-state index is 14.8. The predicted octanol–water partition coefficient (Wildman–Crippen LogP) is 8.49. The molecule has 0 fully saturated rings. The number of nitrogens with zero attached hydrogens (tertiary/aromatic N) is 2. The molecule has 6 aromatic rings. The molecule has 7 rings (SSSR count). The van der Waals surface area contributed by atoms with E-state index in [0.717, 1.165) is 50.1 Å². The molecule has 0 spiro atoms. The van der Waals surface area contributed by atoms with E-state index in [2.05, 4.69) is 53.7 Å². The Labute approximate surface area is 292 Å². The second-order valence-corrected chi connectivity index (χ2v) is 13.1. The van der Waals surface area contributed by atoms with Gasteiger partial charge < -0.3 is 28.1 Å². The Balaban J connectivity index is 1.42. The Kier molecular flexibility index (Phi) is 8.87. The van der Waals surface area contributed by atoms with Crippen molar-refractivity contribution in [3.05, 3.63) is 119 Å². The number of benzene rings is 4. The maximum absolute atomic E-state index is 14.8. The molecule has 0 saturated carbocycles. The number of methoxy groups -OCH3 is 4. The molecule has 8 nitrogen and oxygen atoms in total. The smallest absolute Gasteiger partial charge is 0.166 e. The summed E-state index contributed by atoms with van der Waals surface area (Å²) in [6.07, 6.45) is 3.58. The van der Waals surface area contributed by atoms with Crippen LogP contribution in [0.4, 0.5) is 0 Å². The first-order valence-electron chi connectivity index (χ1n) is 16.9. The molecule has 2 heterocycles. The molecule has 50 heavy (non-hydrogen) atoms. The largest absolute Gasteiger partial charge is 0.497 e. The van der Waals surface area contributed by atoms with Crippen LogP contribution in [0.2, 0.25) is 0 Å². The highest BCUT2D eigenvalue weighted by Gasteiger charge is 2.43. The summed E-state index contributed by atoms with van der Waals surface area (Å²) in [5.74, 6) is 2.28. The second kappa shape index (κ2) is 13.4. The summed E-state index contributed by atoms with van der Waals surface area (Å²) in [6, 6.07) is 26.9. The molecule has 0 radical (unpaired) electrons. The van der Waals surface area contributed by atoms with E-state index in [1.165, 1.54) is 0 Å². The molecule has 3 atom stereocenters. The van der Waals surface area contributed by atoms with E-state index in [9.17, 15) is 9.59 Å². The van der Waals surface area contributed by atoms with Gasteiger partial charge in [-0.2, -0.15) is 0 Å². The molecule has 3 unspecified atom stereocenters. The minimum Gasteiger partial charge on any atom is -0.497 e. The lowest BCUT2D eigenvalue weighted by Crippen LogP contribution is -2.31. The molecular formula is C42H42N2O6. The van der Waals surface area contributed by atoms with Crippen LogP contribution in [0.1, 0.15) is 68.6 Å². The molecule has 0 saturated heterocycles. The minimum atomic E-state index is -0.401. The van der Waals surface area contributed by atoms with Gasteiger partial charge in [-0.3, -0.25) is 9.59 Å². The molecule has 0 N–H and O–H groups in total. The van der Waals surface area contributed by atoms with Gasteiger partial charge in [0.2, 0.25) is 0 Å². The normalized spacial score (nSPS) is 17.0. The monoisotopic (exact) mass is 670 g/mol. The third kappa shape index (κ3) is 5.68. The molecule has 1 aliphatic rings. The van der Waals surface area contributed by atoms with Crippen molar-refractivity contribution in [2.75, 3.05) is 28.4 Å². The van der Waals surface area contributed by atoms with Crippen molar-refractivity contribution in [2.45, 2.75) is 31.1 Å². The molecule has 1 aliphatic carbocycles. The first-order valence-corrected chi connectivity index (χ1v) is 16.9. The van der Waals surface area contributed by atoms with Crippen molar-refractivity contribution in [3.8, 4) is 23.0 Å². The topological polar surface area (TPSA) is 80.9 Å². The zero-order chi connectivity index (χ0) is 35.1. The van der Waals surface area contributed by atoms with Gasteiger partial charge in [0, 0.05) is 77.2 Å². The van der Waals surface area contributed by atoms with Crippen molar-refractivity contribution in [2.24, 2.45) is 20.0 Å². The zero-order valence-corrected chi connectivity index (χ0v) is 29.4. The van der Waals surface area contributed by atoms with Crippen molar-refractivity contribution in [1.82, 2.24) is 9.13 Å². The van der Waals surface area contributed by atoms with Crippen LogP contribution < -0.4 is 18.9 Å².